The van der Waals surface area contributed by atoms with Gasteiger partial charge in [-0.2, -0.15) is 0 Å². The molecule has 0 fully saturated rings. The molecule has 0 atom stereocenters. The molecule has 5 rings (SSSR count). The monoisotopic (exact) mass is 426 g/mol. The second-order valence-corrected chi connectivity index (χ2v) is 8.28. The van der Waals surface area contributed by atoms with Gasteiger partial charge in [-0.25, -0.2) is 0 Å². The number of aryl methyl sites for hydroxylation is 1. The first-order chi connectivity index (χ1) is 16.2. The predicted octanol–water partition coefficient (Wildman–Crippen LogP) is 7.29. The SMILES string of the molecule is Cc1ccc2ccccc2c1CN=C(/C=C(\N)c1ccccc1)c1cccc2ccccc12. The molecule has 5 aromatic carbocycles. The van der Waals surface area contributed by atoms with Gasteiger partial charge in [0.2, 0.25) is 0 Å². The Morgan fingerprint density at radius 1 is 0.697 bits per heavy atom. The summed E-state index contributed by atoms with van der Waals surface area (Å²) in [5, 5.41) is 4.85. The van der Waals surface area contributed by atoms with Crippen LogP contribution in [0.25, 0.3) is 27.2 Å². The minimum atomic E-state index is 0.588. The van der Waals surface area contributed by atoms with E-state index in [1.807, 2.05) is 36.4 Å². The number of benzene rings is 5. The zero-order chi connectivity index (χ0) is 22.6. The fourth-order valence-electron chi connectivity index (χ4n) is 4.34. The lowest BCUT2D eigenvalue weighted by molar-refractivity contribution is 1.06. The average molecular weight is 427 g/mol. The quantitative estimate of drug-likeness (QED) is 0.294. The van der Waals surface area contributed by atoms with Gasteiger partial charge in [0.25, 0.3) is 0 Å². The van der Waals surface area contributed by atoms with E-state index in [9.17, 15) is 0 Å². The maximum atomic E-state index is 6.55. The highest BCUT2D eigenvalue weighted by Gasteiger charge is 2.10. The van der Waals surface area contributed by atoms with E-state index >= 15 is 0 Å². The zero-order valence-electron chi connectivity index (χ0n) is 18.7. The van der Waals surface area contributed by atoms with Gasteiger partial charge >= 0.3 is 0 Å². The standard InChI is InChI=1S/C31H26N2/c1-22-18-19-24-11-6-8-16-27(24)29(22)21-33-31(20-30(32)25-12-3-2-4-13-25)28-17-9-14-23-10-5-7-15-26(23)28/h2-20H,21,32H2,1H3/b30-20-,33-31?. The third-order valence-electron chi connectivity index (χ3n) is 6.15. The van der Waals surface area contributed by atoms with E-state index in [1.54, 1.807) is 0 Å². The Bertz CT molecular complexity index is 1490. The van der Waals surface area contributed by atoms with Crippen molar-refractivity contribution in [3.63, 3.8) is 0 Å². The van der Waals surface area contributed by atoms with Crippen LogP contribution in [0.1, 0.15) is 22.3 Å². The molecule has 0 unspecified atom stereocenters. The van der Waals surface area contributed by atoms with E-state index < -0.39 is 0 Å². The van der Waals surface area contributed by atoms with Crippen LogP contribution in [0.3, 0.4) is 0 Å². The van der Waals surface area contributed by atoms with Crippen LogP contribution < -0.4 is 5.73 Å². The van der Waals surface area contributed by atoms with Crippen LogP contribution in [0.15, 0.2) is 120 Å². The van der Waals surface area contributed by atoms with Crippen molar-refractivity contribution in [3.05, 3.63) is 138 Å². The van der Waals surface area contributed by atoms with Gasteiger partial charge in [0.1, 0.15) is 0 Å². The molecule has 160 valence electrons. The van der Waals surface area contributed by atoms with Gasteiger partial charge in [-0.15, -0.1) is 0 Å². The van der Waals surface area contributed by atoms with Crippen molar-refractivity contribution >= 4 is 33.0 Å². The molecular weight excluding hydrogens is 400 g/mol. The maximum absolute atomic E-state index is 6.55. The van der Waals surface area contributed by atoms with Gasteiger partial charge in [0.05, 0.1) is 12.3 Å². The van der Waals surface area contributed by atoms with Crippen LogP contribution in [0.2, 0.25) is 0 Å². The number of hydrogen-bond acceptors (Lipinski definition) is 2. The summed E-state index contributed by atoms with van der Waals surface area (Å²) in [6.45, 7) is 2.74. The molecule has 0 heterocycles. The van der Waals surface area contributed by atoms with E-state index in [0.717, 1.165) is 16.8 Å². The Hall–Kier alpha value is -4.17. The van der Waals surface area contributed by atoms with Gasteiger partial charge < -0.3 is 5.73 Å². The van der Waals surface area contributed by atoms with Crippen LogP contribution in [-0.4, -0.2) is 5.71 Å². The van der Waals surface area contributed by atoms with Crippen molar-refractivity contribution in [3.8, 4) is 0 Å². The summed E-state index contributed by atoms with van der Waals surface area (Å²) in [6.07, 6.45) is 2.01. The molecule has 0 radical (unpaired) electrons. The van der Waals surface area contributed by atoms with Crippen molar-refractivity contribution in [2.45, 2.75) is 13.5 Å². The number of fused-ring (bicyclic) bond motifs is 2. The minimum absolute atomic E-state index is 0.588. The van der Waals surface area contributed by atoms with Crippen LogP contribution in [0.5, 0.6) is 0 Å². The molecule has 0 amide bonds. The van der Waals surface area contributed by atoms with E-state index in [2.05, 4.69) is 85.8 Å². The minimum Gasteiger partial charge on any atom is -0.398 e. The second-order valence-electron chi connectivity index (χ2n) is 8.28. The predicted molar refractivity (Wildman–Crippen MR) is 141 cm³/mol. The van der Waals surface area contributed by atoms with Crippen LogP contribution in [0, 0.1) is 6.92 Å². The Balaban J connectivity index is 1.66. The summed E-state index contributed by atoms with van der Waals surface area (Å²) in [6, 6.07) is 37.7. The smallest absolute Gasteiger partial charge is 0.0677 e. The number of rotatable bonds is 5. The van der Waals surface area contributed by atoms with Gasteiger partial charge in [-0.1, -0.05) is 109 Å². The summed E-state index contributed by atoms with van der Waals surface area (Å²) in [7, 11) is 0. The molecule has 0 bridgehead atoms. The molecule has 0 saturated carbocycles. The summed E-state index contributed by atoms with van der Waals surface area (Å²) >= 11 is 0. The number of aliphatic imine (C=N–C) groups is 1. The van der Waals surface area contributed by atoms with Crippen molar-refractivity contribution in [1.82, 2.24) is 0 Å². The highest BCUT2D eigenvalue weighted by atomic mass is 14.7. The molecule has 5 aromatic rings. The Morgan fingerprint density at radius 2 is 1.33 bits per heavy atom. The van der Waals surface area contributed by atoms with Crippen LogP contribution >= 0.6 is 0 Å². The summed E-state index contributed by atoms with van der Waals surface area (Å²) in [4.78, 5) is 5.15. The molecular formula is C31H26N2. The fraction of sp³-hybridized carbons (Fsp3) is 0.0645. The lowest BCUT2D eigenvalue weighted by Gasteiger charge is -2.12. The zero-order valence-corrected chi connectivity index (χ0v) is 18.7. The molecule has 0 aliphatic carbocycles. The highest BCUT2D eigenvalue weighted by molar-refractivity contribution is 6.18. The lowest BCUT2D eigenvalue weighted by Crippen LogP contribution is -2.05. The van der Waals surface area contributed by atoms with E-state index in [4.69, 9.17) is 10.7 Å². The van der Waals surface area contributed by atoms with Gasteiger partial charge in [-0.3, -0.25) is 4.99 Å². The van der Waals surface area contributed by atoms with E-state index in [0.29, 0.717) is 12.2 Å². The molecule has 0 aromatic heterocycles. The van der Waals surface area contributed by atoms with Crippen molar-refractivity contribution in [1.29, 1.82) is 0 Å². The number of nitrogens with two attached hydrogens (primary N) is 1. The normalized spacial score (nSPS) is 12.4. The number of allylic oxidation sites excluding steroid dienone is 1. The van der Waals surface area contributed by atoms with Crippen molar-refractivity contribution in [2.24, 2.45) is 10.7 Å². The molecule has 0 aliphatic rings. The average Bonchev–Trinajstić information content (AvgIpc) is 2.87. The lowest BCUT2D eigenvalue weighted by atomic mass is 9.98. The maximum Gasteiger partial charge on any atom is 0.0677 e. The Kier molecular flexibility index (Phi) is 5.73. The summed E-state index contributed by atoms with van der Waals surface area (Å²) in [5.74, 6) is 0. The van der Waals surface area contributed by atoms with E-state index in [-0.39, 0.29) is 0 Å². The van der Waals surface area contributed by atoms with Gasteiger partial charge in [0.15, 0.2) is 0 Å². The summed E-state index contributed by atoms with van der Waals surface area (Å²) < 4.78 is 0. The Morgan fingerprint density at radius 3 is 2.12 bits per heavy atom. The van der Waals surface area contributed by atoms with Crippen LogP contribution in [0.4, 0.5) is 0 Å². The number of hydrogen-bond donors (Lipinski definition) is 1. The van der Waals surface area contributed by atoms with Gasteiger partial charge in [0, 0.05) is 11.3 Å². The van der Waals surface area contributed by atoms with Crippen LogP contribution in [-0.2, 0) is 6.54 Å². The molecule has 0 saturated heterocycles. The first-order valence-electron chi connectivity index (χ1n) is 11.2. The summed E-state index contributed by atoms with van der Waals surface area (Å²) in [5.41, 5.74) is 12.7. The third-order valence-corrected chi connectivity index (χ3v) is 6.15. The molecule has 2 nitrogen and oxygen atoms in total. The van der Waals surface area contributed by atoms with Crippen molar-refractivity contribution < 1.29 is 0 Å². The Labute approximate surface area is 194 Å². The molecule has 2 heteroatoms. The molecule has 0 aliphatic heterocycles. The second kappa shape index (κ2) is 9.13. The van der Waals surface area contributed by atoms with E-state index in [1.165, 1.54) is 32.7 Å². The third kappa shape index (κ3) is 4.28. The molecule has 0 spiro atoms. The highest BCUT2D eigenvalue weighted by Crippen LogP contribution is 2.25. The topological polar surface area (TPSA) is 38.4 Å². The first kappa shape index (κ1) is 20.7. The number of nitrogens with zero attached hydrogens (tertiary/aromatic N) is 1. The molecule has 33 heavy (non-hydrogen) atoms. The van der Waals surface area contributed by atoms with Crippen molar-refractivity contribution in [2.75, 3.05) is 0 Å². The first-order valence-corrected chi connectivity index (χ1v) is 11.2. The largest absolute Gasteiger partial charge is 0.398 e. The fourth-order valence-corrected chi connectivity index (χ4v) is 4.34. The van der Waals surface area contributed by atoms with Gasteiger partial charge in [-0.05, 0) is 51.2 Å². The molecule has 2 N–H and O–H groups in total.